The number of aliphatic carboxylic acids is 1. The van der Waals surface area contributed by atoms with Crippen LogP contribution in [-0.4, -0.2) is 39.5 Å². The molecule has 1 aromatic heterocycles. The van der Waals surface area contributed by atoms with Gasteiger partial charge in [0.2, 0.25) is 0 Å². The summed E-state index contributed by atoms with van der Waals surface area (Å²) in [4.78, 5) is 22.3. The fourth-order valence-electron chi connectivity index (χ4n) is 1.82. The van der Waals surface area contributed by atoms with Crippen LogP contribution in [0, 0.1) is 0 Å². The average molecular weight is 253 g/mol. The summed E-state index contributed by atoms with van der Waals surface area (Å²) in [5, 5.41) is 15.1. The van der Waals surface area contributed by atoms with E-state index in [0.717, 1.165) is 19.3 Å². The van der Waals surface area contributed by atoms with E-state index in [9.17, 15) is 9.59 Å². The van der Waals surface area contributed by atoms with Crippen molar-refractivity contribution >= 4 is 17.6 Å². The molecule has 0 saturated carbocycles. The maximum absolute atomic E-state index is 11.8. The van der Waals surface area contributed by atoms with Crippen LogP contribution in [-0.2, 0) is 20.9 Å². The van der Waals surface area contributed by atoms with Crippen molar-refractivity contribution in [3.63, 3.8) is 0 Å². The van der Waals surface area contributed by atoms with E-state index in [-0.39, 0.29) is 12.5 Å². The SMILES string of the molecule is O=C(O)Cn1cc(NC(=O)C2CCCCO2)cn1. The predicted molar refractivity (Wildman–Crippen MR) is 62.1 cm³/mol. The first-order valence-electron chi connectivity index (χ1n) is 5.82. The second-order valence-electron chi connectivity index (χ2n) is 4.16. The van der Waals surface area contributed by atoms with Crippen LogP contribution in [0.2, 0.25) is 0 Å². The summed E-state index contributed by atoms with van der Waals surface area (Å²) in [6, 6.07) is 0. The molecule has 1 saturated heterocycles. The number of rotatable bonds is 4. The molecule has 1 aliphatic heterocycles. The summed E-state index contributed by atoms with van der Waals surface area (Å²) >= 11 is 0. The van der Waals surface area contributed by atoms with Gasteiger partial charge in [0, 0.05) is 12.8 Å². The summed E-state index contributed by atoms with van der Waals surface area (Å²) in [6.07, 6.45) is 5.17. The van der Waals surface area contributed by atoms with E-state index in [0.29, 0.717) is 12.3 Å². The molecular formula is C11H15N3O4. The Morgan fingerprint density at radius 2 is 2.39 bits per heavy atom. The molecule has 1 unspecified atom stereocenters. The van der Waals surface area contributed by atoms with Gasteiger partial charge in [0.05, 0.1) is 11.9 Å². The average Bonchev–Trinajstić information content (AvgIpc) is 2.76. The van der Waals surface area contributed by atoms with Gasteiger partial charge in [-0.15, -0.1) is 0 Å². The van der Waals surface area contributed by atoms with Crippen LogP contribution in [0.15, 0.2) is 12.4 Å². The van der Waals surface area contributed by atoms with Gasteiger partial charge < -0.3 is 15.2 Å². The molecule has 2 N–H and O–H groups in total. The van der Waals surface area contributed by atoms with E-state index in [1.165, 1.54) is 17.1 Å². The zero-order valence-corrected chi connectivity index (χ0v) is 9.83. The highest BCUT2D eigenvalue weighted by atomic mass is 16.5. The Balaban J connectivity index is 1.90. The third-order valence-electron chi connectivity index (χ3n) is 2.67. The van der Waals surface area contributed by atoms with Gasteiger partial charge >= 0.3 is 5.97 Å². The van der Waals surface area contributed by atoms with Crippen LogP contribution < -0.4 is 5.32 Å². The number of aromatic nitrogens is 2. The van der Waals surface area contributed by atoms with Crippen molar-refractivity contribution in [1.82, 2.24) is 9.78 Å². The molecule has 0 radical (unpaired) electrons. The third kappa shape index (κ3) is 3.30. The van der Waals surface area contributed by atoms with Gasteiger partial charge in [-0.25, -0.2) is 0 Å². The van der Waals surface area contributed by atoms with Gasteiger partial charge in [-0.05, 0) is 19.3 Å². The summed E-state index contributed by atoms with van der Waals surface area (Å²) in [5.74, 6) is -1.18. The van der Waals surface area contributed by atoms with E-state index in [1.54, 1.807) is 0 Å². The van der Waals surface area contributed by atoms with Crippen LogP contribution in [0.1, 0.15) is 19.3 Å². The number of nitrogens with one attached hydrogen (secondary N) is 1. The highest BCUT2D eigenvalue weighted by Gasteiger charge is 2.22. The van der Waals surface area contributed by atoms with E-state index < -0.39 is 12.1 Å². The molecule has 0 aliphatic carbocycles. The lowest BCUT2D eigenvalue weighted by Gasteiger charge is -2.21. The lowest BCUT2D eigenvalue weighted by atomic mass is 10.1. The predicted octanol–water partition coefficient (Wildman–Crippen LogP) is 0.475. The number of anilines is 1. The number of hydrogen-bond donors (Lipinski definition) is 2. The van der Waals surface area contributed by atoms with Crippen LogP contribution >= 0.6 is 0 Å². The van der Waals surface area contributed by atoms with Crippen LogP contribution in [0.4, 0.5) is 5.69 Å². The molecule has 1 fully saturated rings. The maximum Gasteiger partial charge on any atom is 0.325 e. The molecule has 2 heterocycles. The molecule has 7 nitrogen and oxygen atoms in total. The number of amides is 1. The first kappa shape index (κ1) is 12.6. The third-order valence-corrected chi connectivity index (χ3v) is 2.67. The Kier molecular flexibility index (Phi) is 3.93. The van der Waals surface area contributed by atoms with Crippen LogP contribution in [0.3, 0.4) is 0 Å². The molecule has 1 aliphatic rings. The molecule has 1 aromatic rings. The summed E-state index contributed by atoms with van der Waals surface area (Å²) < 4.78 is 6.60. The smallest absolute Gasteiger partial charge is 0.325 e. The quantitative estimate of drug-likeness (QED) is 0.813. The van der Waals surface area contributed by atoms with Gasteiger partial charge in [0.1, 0.15) is 12.6 Å². The Morgan fingerprint density at radius 3 is 3.06 bits per heavy atom. The van der Waals surface area contributed by atoms with Crippen molar-refractivity contribution in [2.45, 2.75) is 31.9 Å². The number of hydrogen-bond acceptors (Lipinski definition) is 4. The molecule has 0 aromatic carbocycles. The molecule has 0 bridgehead atoms. The lowest BCUT2D eigenvalue weighted by molar-refractivity contribution is -0.137. The van der Waals surface area contributed by atoms with E-state index >= 15 is 0 Å². The normalized spacial score (nSPS) is 19.4. The molecular weight excluding hydrogens is 238 g/mol. The maximum atomic E-state index is 11.8. The lowest BCUT2D eigenvalue weighted by Crippen LogP contribution is -2.33. The zero-order chi connectivity index (χ0) is 13.0. The minimum absolute atomic E-state index is 0.204. The van der Waals surface area contributed by atoms with Crippen molar-refractivity contribution in [1.29, 1.82) is 0 Å². The number of carboxylic acid groups (broad SMARTS) is 1. The van der Waals surface area contributed by atoms with Crippen molar-refractivity contribution in [2.75, 3.05) is 11.9 Å². The standard InChI is InChI=1S/C11H15N3O4/c15-10(16)7-14-6-8(5-12-14)13-11(17)9-3-1-2-4-18-9/h5-6,9H,1-4,7H2,(H,13,17)(H,15,16). The topological polar surface area (TPSA) is 93.5 Å². The zero-order valence-electron chi connectivity index (χ0n) is 9.83. The van der Waals surface area contributed by atoms with Gasteiger partial charge in [-0.1, -0.05) is 0 Å². The van der Waals surface area contributed by atoms with Crippen LogP contribution in [0.5, 0.6) is 0 Å². The van der Waals surface area contributed by atoms with Gasteiger partial charge in [-0.3, -0.25) is 14.3 Å². The van der Waals surface area contributed by atoms with Gasteiger partial charge in [0.25, 0.3) is 5.91 Å². The van der Waals surface area contributed by atoms with Gasteiger partial charge in [0.15, 0.2) is 0 Å². The number of carboxylic acids is 1. The number of nitrogens with zero attached hydrogens (tertiary/aromatic N) is 2. The Morgan fingerprint density at radius 1 is 1.56 bits per heavy atom. The summed E-state index contributed by atoms with van der Waals surface area (Å²) in [5.41, 5.74) is 0.482. The van der Waals surface area contributed by atoms with Gasteiger partial charge in [-0.2, -0.15) is 5.10 Å². The molecule has 0 spiro atoms. The minimum atomic E-state index is -0.980. The second kappa shape index (κ2) is 5.63. The Hall–Kier alpha value is -1.89. The van der Waals surface area contributed by atoms with E-state index in [4.69, 9.17) is 9.84 Å². The molecule has 1 amide bonds. The van der Waals surface area contributed by atoms with Crippen molar-refractivity contribution in [3.05, 3.63) is 12.4 Å². The van der Waals surface area contributed by atoms with Crippen LogP contribution in [0.25, 0.3) is 0 Å². The Labute approximate surface area is 104 Å². The highest BCUT2D eigenvalue weighted by molar-refractivity contribution is 5.94. The number of ether oxygens (including phenoxy) is 1. The number of carbonyl (C=O) groups is 2. The monoisotopic (exact) mass is 253 g/mol. The molecule has 2 rings (SSSR count). The van der Waals surface area contributed by atoms with Crippen molar-refractivity contribution in [2.24, 2.45) is 0 Å². The largest absolute Gasteiger partial charge is 0.480 e. The van der Waals surface area contributed by atoms with Crippen molar-refractivity contribution in [3.8, 4) is 0 Å². The molecule has 7 heteroatoms. The second-order valence-corrected chi connectivity index (χ2v) is 4.16. The summed E-state index contributed by atoms with van der Waals surface area (Å²) in [6.45, 7) is 0.381. The minimum Gasteiger partial charge on any atom is -0.480 e. The number of carbonyl (C=O) groups excluding carboxylic acids is 1. The first-order valence-corrected chi connectivity index (χ1v) is 5.82. The highest BCUT2D eigenvalue weighted by Crippen LogP contribution is 2.15. The van der Waals surface area contributed by atoms with E-state index in [1.807, 2.05) is 0 Å². The fourth-order valence-corrected chi connectivity index (χ4v) is 1.82. The van der Waals surface area contributed by atoms with E-state index in [2.05, 4.69) is 10.4 Å². The first-order chi connectivity index (χ1) is 8.65. The molecule has 98 valence electrons. The van der Waals surface area contributed by atoms with Crippen molar-refractivity contribution < 1.29 is 19.4 Å². The molecule has 1 atom stereocenters. The summed E-state index contributed by atoms with van der Waals surface area (Å²) in [7, 11) is 0. The molecule has 18 heavy (non-hydrogen) atoms. The Bertz CT molecular complexity index is 437. The fraction of sp³-hybridized carbons (Fsp3) is 0.545.